The number of hydrogen-bond donors (Lipinski definition) is 0. The van der Waals surface area contributed by atoms with Crippen LogP contribution in [0.1, 0.15) is 60.3 Å². The van der Waals surface area contributed by atoms with Gasteiger partial charge in [0.25, 0.3) is 0 Å². The quantitative estimate of drug-likeness (QED) is 0.240. The number of nitrogens with zero attached hydrogens (tertiary/aromatic N) is 2. The molecule has 3 heterocycles. The van der Waals surface area contributed by atoms with Crippen LogP contribution in [0.2, 0.25) is 0 Å². The number of carboxylic acid groups (broad SMARTS) is 1. The van der Waals surface area contributed by atoms with E-state index in [-0.39, 0.29) is 16.6 Å². The summed E-state index contributed by atoms with van der Waals surface area (Å²) in [5.74, 6) is 0.191. The van der Waals surface area contributed by atoms with Crippen LogP contribution in [0.3, 0.4) is 0 Å². The molecule has 5 heteroatoms. The zero-order valence-corrected chi connectivity index (χ0v) is 26.4. The number of anilines is 1. The first-order valence-electron chi connectivity index (χ1n) is 15.4. The number of hydrogen-bond acceptors (Lipinski definition) is 4. The molecule has 0 spiro atoms. The van der Waals surface area contributed by atoms with Crippen LogP contribution in [0.25, 0.3) is 27.8 Å². The van der Waals surface area contributed by atoms with Crippen molar-refractivity contribution >= 4 is 17.2 Å². The van der Waals surface area contributed by atoms with E-state index >= 15 is 0 Å². The lowest BCUT2D eigenvalue weighted by Gasteiger charge is -2.44. The largest absolute Gasteiger partial charge is 0.545 e. The minimum atomic E-state index is -1.21. The molecule has 0 atom stereocenters. The third-order valence-electron chi connectivity index (χ3n) is 10.5. The monoisotopic (exact) mass is 590 g/mol. The summed E-state index contributed by atoms with van der Waals surface area (Å²) in [5.41, 5.74) is 10.0. The second-order valence-corrected chi connectivity index (χ2v) is 13.4. The lowest BCUT2D eigenvalue weighted by molar-refractivity contribution is -0.255. The van der Waals surface area contributed by atoms with Gasteiger partial charge < -0.3 is 19.5 Å². The van der Waals surface area contributed by atoms with Gasteiger partial charge in [-0.25, -0.2) is 4.58 Å². The molecule has 0 aromatic heterocycles. The van der Waals surface area contributed by atoms with Gasteiger partial charge in [-0.1, -0.05) is 72.8 Å². The second kappa shape index (κ2) is 9.18. The molecule has 0 fully saturated rings. The third-order valence-corrected chi connectivity index (χ3v) is 10.5. The number of carboxylic acids is 1. The van der Waals surface area contributed by atoms with Crippen LogP contribution in [0, 0.1) is 0 Å². The lowest BCUT2D eigenvalue weighted by atomic mass is 9.79. The van der Waals surface area contributed by atoms with Crippen LogP contribution < -0.4 is 29.9 Å². The summed E-state index contributed by atoms with van der Waals surface area (Å²) in [6, 6.07) is 32.8. The number of carbonyl (C=O) groups is 1. The van der Waals surface area contributed by atoms with Crippen molar-refractivity contribution < 1.29 is 14.6 Å². The van der Waals surface area contributed by atoms with Gasteiger partial charge >= 0.3 is 0 Å². The van der Waals surface area contributed by atoms with Gasteiger partial charge in [0.05, 0.1) is 23.1 Å². The van der Waals surface area contributed by atoms with E-state index < -0.39 is 5.97 Å². The van der Waals surface area contributed by atoms with E-state index in [2.05, 4.69) is 124 Å². The Labute approximate surface area is 263 Å². The molecule has 5 aromatic rings. The molecular formula is C40H34N2O3. The van der Waals surface area contributed by atoms with Crippen LogP contribution >= 0.6 is 0 Å². The van der Waals surface area contributed by atoms with Gasteiger partial charge in [-0.05, 0) is 48.2 Å². The third kappa shape index (κ3) is 3.67. The second-order valence-electron chi connectivity index (χ2n) is 13.4. The number of carbonyl (C=O) groups excluding carboxylic acids is 1. The SMILES string of the molecule is CN1c2cc3c(cc2-c2ccccc2C1(C)C)C(c1ccccc1C(=O)[O-])=c1cc2c(cc1O3)=[N+](C)C(C)(C)c1ccccc1-2. The Bertz CT molecular complexity index is 2260. The van der Waals surface area contributed by atoms with Crippen LogP contribution in [0.15, 0.2) is 97.1 Å². The molecule has 0 radical (unpaired) electrons. The van der Waals surface area contributed by atoms with Crippen molar-refractivity contribution in [1.29, 1.82) is 0 Å². The van der Waals surface area contributed by atoms with Gasteiger partial charge in [-0.2, -0.15) is 0 Å². The standard InChI is InChI=1S/C40H34N2O3/c1-39(2)31-17-11-9-13-23(31)27-19-29-35(21-33(27)41(39)5)45-36-22-34-28(24-14-10-12-18-32(24)40(3,4)42(34)6)20-30(36)37(29)25-15-7-8-16-26(25)38(43)44/h7-22H,1-6H3. The van der Waals surface area contributed by atoms with E-state index in [1.807, 2.05) is 12.1 Å². The average Bonchev–Trinajstić information content (AvgIpc) is 3.04. The molecule has 0 N–H and O–H groups in total. The van der Waals surface area contributed by atoms with Crippen molar-refractivity contribution in [2.45, 2.75) is 38.8 Å². The van der Waals surface area contributed by atoms with Crippen molar-refractivity contribution in [2.75, 3.05) is 19.0 Å². The maximum atomic E-state index is 12.5. The fourth-order valence-electron chi connectivity index (χ4n) is 7.58. The van der Waals surface area contributed by atoms with Gasteiger partial charge in [-0.15, -0.1) is 0 Å². The number of fused-ring (bicyclic) bond motifs is 8. The maximum Gasteiger partial charge on any atom is 0.212 e. The Kier molecular flexibility index (Phi) is 5.59. The van der Waals surface area contributed by atoms with Gasteiger partial charge in [0.15, 0.2) is 5.54 Å². The van der Waals surface area contributed by atoms with Crippen molar-refractivity contribution in [1.82, 2.24) is 4.58 Å². The average molecular weight is 591 g/mol. The first kappa shape index (κ1) is 27.4. The summed E-state index contributed by atoms with van der Waals surface area (Å²) in [5, 5.41) is 14.5. The molecule has 0 unspecified atom stereocenters. The zero-order chi connectivity index (χ0) is 31.4. The minimum absolute atomic E-state index is 0.152. The Balaban J connectivity index is 1.53. The predicted octanol–water partition coefficient (Wildman–Crippen LogP) is 5.79. The first-order valence-corrected chi connectivity index (χ1v) is 15.4. The number of ether oxygens (including phenoxy) is 1. The minimum Gasteiger partial charge on any atom is -0.545 e. The van der Waals surface area contributed by atoms with E-state index in [4.69, 9.17) is 4.74 Å². The molecule has 0 amide bonds. The molecule has 8 rings (SSSR count). The fourth-order valence-corrected chi connectivity index (χ4v) is 7.58. The van der Waals surface area contributed by atoms with Crippen LogP contribution in [0.5, 0.6) is 11.5 Å². The van der Waals surface area contributed by atoms with Gasteiger partial charge in [0, 0.05) is 65.7 Å². The van der Waals surface area contributed by atoms with Crippen molar-refractivity contribution in [3.63, 3.8) is 0 Å². The molecule has 0 aliphatic carbocycles. The van der Waals surface area contributed by atoms with E-state index in [0.717, 1.165) is 38.5 Å². The highest BCUT2D eigenvalue weighted by atomic mass is 16.5. The summed E-state index contributed by atoms with van der Waals surface area (Å²) in [6.45, 7) is 8.94. The van der Waals surface area contributed by atoms with Gasteiger partial charge in [-0.3, -0.25) is 0 Å². The summed E-state index contributed by atoms with van der Waals surface area (Å²) in [4.78, 5) is 14.8. The van der Waals surface area contributed by atoms with Gasteiger partial charge in [0.2, 0.25) is 5.36 Å². The van der Waals surface area contributed by atoms with E-state index in [1.54, 1.807) is 12.1 Å². The normalized spacial score (nSPS) is 16.4. The number of aromatic carboxylic acids is 1. The molecule has 5 nitrogen and oxygen atoms in total. The molecule has 3 aliphatic heterocycles. The first-order chi connectivity index (χ1) is 21.5. The highest BCUT2D eigenvalue weighted by Gasteiger charge is 2.40. The Morgan fingerprint density at radius 2 is 1.33 bits per heavy atom. The summed E-state index contributed by atoms with van der Waals surface area (Å²) >= 11 is 0. The topological polar surface area (TPSA) is 55.6 Å². The molecule has 45 heavy (non-hydrogen) atoms. The number of rotatable bonds is 2. The predicted molar refractivity (Wildman–Crippen MR) is 177 cm³/mol. The molecule has 0 saturated carbocycles. The maximum absolute atomic E-state index is 12.5. The van der Waals surface area contributed by atoms with E-state index in [9.17, 15) is 9.90 Å². The fraction of sp³-hybridized carbons (Fsp3) is 0.200. The Morgan fingerprint density at radius 1 is 0.711 bits per heavy atom. The van der Waals surface area contributed by atoms with Crippen molar-refractivity contribution in [2.24, 2.45) is 0 Å². The molecule has 5 aromatic carbocycles. The molecule has 0 saturated heterocycles. The Hall–Kier alpha value is -5.16. The lowest BCUT2D eigenvalue weighted by Crippen LogP contribution is -2.46. The molecule has 3 aliphatic rings. The van der Waals surface area contributed by atoms with Crippen LogP contribution in [-0.2, 0) is 11.1 Å². The van der Waals surface area contributed by atoms with Crippen molar-refractivity contribution in [3.05, 3.63) is 135 Å². The molecule has 222 valence electrons. The number of benzene rings is 5. The van der Waals surface area contributed by atoms with E-state index in [1.165, 1.54) is 22.3 Å². The summed E-state index contributed by atoms with van der Waals surface area (Å²) in [7, 11) is 4.25. The smallest absolute Gasteiger partial charge is 0.212 e. The highest BCUT2D eigenvalue weighted by molar-refractivity contribution is 6.00. The molecular weight excluding hydrogens is 556 g/mol. The summed E-state index contributed by atoms with van der Waals surface area (Å²) < 4.78 is 9.14. The van der Waals surface area contributed by atoms with Crippen LogP contribution in [-0.4, -0.2) is 20.1 Å². The van der Waals surface area contributed by atoms with Crippen molar-refractivity contribution in [3.8, 4) is 33.8 Å². The summed E-state index contributed by atoms with van der Waals surface area (Å²) in [6.07, 6.45) is 0. The van der Waals surface area contributed by atoms with Gasteiger partial charge in [0.1, 0.15) is 18.5 Å². The van der Waals surface area contributed by atoms with Crippen LogP contribution in [0.4, 0.5) is 5.69 Å². The van der Waals surface area contributed by atoms with E-state index in [0.29, 0.717) is 17.1 Å². The highest BCUT2D eigenvalue weighted by Crippen LogP contribution is 2.51. The Morgan fingerprint density at radius 3 is 2.04 bits per heavy atom. The molecule has 0 bridgehead atoms. The zero-order valence-electron chi connectivity index (χ0n) is 26.4.